The minimum Gasteiger partial charge on any atom is -0.384 e. The second kappa shape index (κ2) is 6.24. The molecule has 0 spiro atoms. The van der Waals surface area contributed by atoms with Crippen LogP contribution in [0.25, 0.3) is 0 Å². The third-order valence-corrected chi connectivity index (χ3v) is 3.70. The molecule has 0 amide bonds. The first-order chi connectivity index (χ1) is 8.65. The van der Waals surface area contributed by atoms with Crippen molar-refractivity contribution < 1.29 is 0 Å². The second-order valence-electron chi connectivity index (χ2n) is 5.82. The van der Waals surface area contributed by atoms with Gasteiger partial charge in [-0.25, -0.2) is 0 Å². The van der Waals surface area contributed by atoms with Crippen molar-refractivity contribution in [3.8, 4) is 0 Å². The molecule has 0 aliphatic heterocycles. The number of nitrogens with zero attached hydrogens (tertiary/aromatic N) is 1. The van der Waals surface area contributed by atoms with Crippen molar-refractivity contribution in [2.75, 3.05) is 25.0 Å². The van der Waals surface area contributed by atoms with Crippen molar-refractivity contribution in [1.82, 2.24) is 4.90 Å². The Morgan fingerprint density at radius 1 is 1.22 bits per heavy atom. The van der Waals surface area contributed by atoms with Gasteiger partial charge in [-0.05, 0) is 51.7 Å². The molecule has 0 radical (unpaired) electrons. The number of benzene rings is 1. The highest BCUT2D eigenvalue weighted by Crippen LogP contribution is 2.30. The Morgan fingerprint density at radius 3 is 2.44 bits per heavy atom. The van der Waals surface area contributed by atoms with E-state index >= 15 is 0 Å². The monoisotopic (exact) mass is 246 g/mol. The average Bonchev–Trinajstić information content (AvgIpc) is 3.14. The lowest BCUT2D eigenvalue weighted by Gasteiger charge is -2.26. The van der Waals surface area contributed by atoms with E-state index < -0.39 is 0 Å². The third-order valence-electron chi connectivity index (χ3n) is 3.70. The maximum atomic E-state index is 3.51. The molecule has 1 aliphatic carbocycles. The van der Waals surface area contributed by atoms with Gasteiger partial charge in [-0.15, -0.1) is 0 Å². The van der Waals surface area contributed by atoms with Gasteiger partial charge in [0.15, 0.2) is 0 Å². The largest absolute Gasteiger partial charge is 0.384 e. The van der Waals surface area contributed by atoms with E-state index in [0.29, 0.717) is 6.04 Å². The Balaban J connectivity index is 1.73. The lowest BCUT2D eigenvalue weighted by Crippen LogP contribution is -2.36. The number of rotatable bonds is 7. The van der Waals surface area contributed by atoms with Gasteiger partial charge in [0.05, 0.1) is 0 Å². The molecule has 0 heterocycles. The Labute approximate surface area is 111 Å². The lowest BCUT2D eigenvalue weighted by molar-refractivity contribution is 0.221. The van der Waals surface area contributed by atoms with E-state index in [2.05, 4.69) is 55.3 Å². The van der Waals surface area contributed by atoms with Crippen LogP contribution in [0.2, 0.25) is 0 Å². The topological polar surface area (TPSA) is 15.3 Å². The summed E-state index contributed by atoms with van der Waals surface area (Å²) in [6, 6.07) is 9.30. The molecule has 2 rings (SSSR count). The summed E-state index contributed by atoms with van der Waals surface area (Å²) in [6.45, 7) is 10.2. The predicted molar refractivity (Wildman–Crippen MR) is 79.1 cm³/mol. The Kier molecular flexibility index (Phi) is 4.65. The molecule has 0 aromatic heterocycles. The summed E-state index contributed by atoms with van der Waals surface area (Å²) in [5.74, 6) is 0.978. The van der Waals surface area contributed by atoms with Gasteiger partial charge in [0, 0.05) is 31.4 Å². The van der Waals surface area contributed by atoms with Crippen LogP contribution in [0, 0.1) is 12.8 Å². The Morgan fingerprint density at radius 2 is 1.89 bits per heavy atom. The average molecular weight is 246 g/mol. The molecule has 1 saturated carbocycles. The molecule has 1 N–H and O–H groups in total. The van der Waals surface area contributed by atoms with Gasteiger partial charge in [0.25, 0.3) is 0 Å². The number of anilines is 1. The minimum atomic E-state index is 0.658. The molecule has 1 aromatic rings. The highest BCUT2D eigenvalue weighted by molar-refractivity contribution is 5.44. The van der Waals surface area contributed by atoms with Crippen LogP contribution in [-0.2, 0) is 0 Å². The molecule has 100 valence electrons. The van der Waals surface area contributed by atoms with Crippen molar-refractivity contribution >= 4 is 5.69 Å². The van der Waals surface area contributed by atoms with Crippen LogP contribution in [0.1, 0.15) is 32.3 Å². The molecule has 0 bridgehead atoms. The molecule has 2 heteroatoms. The lowest BCUT2D eigenvalue weighted by atomic mass is 10.2. The van der Waals surface area contributed by atoms with Crippen LogP contribution in [0.5, 0.6) is 0 Å². The minimum absolute atomic E-state index is 0.658. The molecule has 0 unspecified atom stereocenters. The first-order valence-corrected chi connectivity index (χ1v) is 7.20. The van der Waals surface area contributed by atoms with Crippen LogP contribution in [0.15, 0.2) is 24.3 Å². The highest BCUT2D eigenvalue weighted by Gasteiger charge is 2.24. The fraction of sp³-hybridized carbons (Fsp3) is 0.625. The van der Waals surface area contributed by atoms with Crippen LogP contribution >= 0.6 is 0 Å². The van der Waals surface area contributed by atoms with Crippen molar-refractivity contribution in [2.24, 2.45) is 5.92 Å². The van der Waals surface area contributed by atoms with Gasteiger partial charge in [-0.1, -0.05) is 17.7 Å². The van der Waals surface area contributed by atoms with Crippen LogP contribution in [0.3, 0.4) is 0 Å². The van der Waals surface area contributed by atoms with Crippen molar-refractivity contribution in [1.29, 1.82) is 0 Å². The highest BCUT2D eigenvalue weighted by atomic mass is 15.2. The molecular formula is C16H26N2. The predicted octanol–water partition coefficient (Wildman–Crippen LogP) is 3.53. The quantitative estimate of drug-likeness (QED) is 0.792. The zero-order chi connectivity index (χ0) is 13.0. The van der Waals surface area contributed by atoms with E-state index in [0.717, 1.165) is 19.0 Å². The fourth-order valence-electron chi connectivity index (χ4n) is 2.21. The first kappa shape index (κ1) is 13.4. The van der Waals surface area contributed by atoms with E-state index in [1.54, 1.807) is 0 Å². The van der Waals surface area contributed by atoms with E-state index in [9.17, 15) is 0 Å². The fourth-order valence-corrected chi connectivity index (χ4v) is 2.21. The summed E-state index contributed by atoms with van der Waals surface area (Å²) in [6.07, 6.45) is 2.88. The number of nitrogens with one attached hydrogen (secondary N) is 1. The van der Waals surface area contributed by atoms with E-state index in [1.165, 1.54) is 30.6 Å². The standard InChI is InChI=1S/C16H26N2/c1-13(2)18(12-15-6-7-15)11-10-17-16-8-4-14(3)5-9-16/h4-5,8-9,13,15,17H,6-7,10-12H2,1-3H3. The summed E-state index contributed by atoms with van der Waals surface area (Å²) in [5.41, 5.74) is 2.55. The van der Waals surface area contributed by atoms with E-state index in [1.807, 2.05) is 0 Å². The smallest absolute Gasteiger partial charge is 0.0340 e. The first-order valence-electron chi connectivity index (χ1n) is 7.20. The van der Waals surface area contributed by atoms with Crippen LogP contribution in [0.4, 0.5) is 5.69 Å². The van der Waals surface area contributed by atoms with Gasteiger partial charge < -0.3 is 5.32 Å². The van der Waals surface area contributed by atoms with Gasteiger partial charge >= 0.3 is 0 Å². The third kappa shape index (κ3) is 4.34. The number of hydrogen-bond acceptors (Lipinski definition) is 2. The van der Waals surface area contributed by atoms with Crippen molar-refractivity contribution in [3.05, 3.63) is 29.8 Å². The number of aryl methyl sites for hydroxylation is 1. The molecule has 1 aromatic carbocycles. The Bertz CT molecular complexity index is 352. The van der Waals surface area contributed by atoms with E-state index in [4.69, 9.17) is 0 Å². The maximum absolute atomic E-state index is 3.51. The van der Waals surface area contributed by atoms with Gasteiger partial charge in [-0.2, -0.15) is 0 Å². The van der Waals surface area contributed by atoms with Crippen molar-refractivity contribution in [3.63, 3.8) is 0 Å². The summed E-state index contributed by atoms with van der Waals surface area (Å²) in [5, 5.41) is 3.51. The van der Waals surface area contributed by atoms with Crippen LogP contribution in [-0.4, -0.2) is 30.6 Å². The van der Waals surface area contributed by atoms with Crippen LogP contribution < -0.4 is 5.32 Å². The number of hydrogen-bond donors (Lipinski definition) is 1. The molecule has 2 nitrogen and oxygen atoms in total. The maximum Gasteiger partial charge on any atom is 0.0340 e. The van der Waals surface area contributed by atoms with Gasteiger partial charge in [-0.3, -0.25) is 4.90 Å². The second-order valence-corrected chi connectivity index (χ2v) is 5.82. The molecule has 18 heavy (non-hydrogen) atoms. The van der Waals surface area contributed by atoms with Gasteiger partial charge in [0.2, 0.25) is 0 Å². The molecule has 0 saturated heterocycles. The van der Waals surface area contributed by atoms with Crippen molar-refractivity contribution in [2.45, 2.75) is 39.7 Å². The Hall–Kier alpha value is -1.02. The summed E-state index contributed by atoms with van der Waals surface area (Å²) < 4.78 is 0. The van der Waals surface area contributed by atoms with E-state index in [-0.39, 0.29) is 0 Å². The zero-order valence-corrected chi connectivity index (χ0v) is 11.9. The summed E-state index contributed by atoms with van der Waals surface area (Å²) in [7, 11) is 0. The zero-order valence-electron chi connectivity index (χ0n) is 11.9. The molecular weight excluding hydrogens is 220 g/mol. The van der Waals surface area contributed by atoms with Gasteiger partial charge in [0.1, 0.15) is 0 Å². The molecule has 1 fully saturated rings. The normalized spacial score (nSPS) is 15.4. The SMILES string of the molecule is Cc1ccc(NCCN(CC2CC2)C(C)C)cc1. The summed E-state index contributed by atoms with van der Waals surface area (Å²) in [4.78, 5) is 2.60. The summed E-state index contributed by atoms with van der Waals surface area (Å²) >= 11 is 0. The molecule has 0 atom stereocenters. The molecule has 1 aliphatic rings.